The van der Waals surface area contributed by atoms with E-state index in [1.807, 2.05) is 13.8 Å². The van der Waals surface area contributed by atoms with Crippen molar-refractivity contribution in [2.75, 3.05) is 11.4 Å². The maximum Gasteiger partial charge on any atom is 0.346 e. The summed E-state index contributed by atoms with van der Waals surface area (Å²) in [7, 11) is 0. The van der Waals surface area contributed by atoms with Crippen LogP contribution in [0.1, 0.15) is 20.3 Å². The van der Waals surface area contributed by atoms with Gasteiger partial charge in [0.15, 0.2) is 0 Å². The normalized spacial score (nSPS) is 18.9. The van der Waals surface area contributed by atoms with E-state index < -0.39 is 18.1 Å². The number of carbonyl (C=O) groups excluding carboxylic acids is 1. The van der Waals surface area contributed by atoms with Gasteiger partial charge < -0.3 is 20.5 Å². The Morgan fingerprint density at radius 2 is 2.10 bits per heavy atom. The Balaban J connectivity index is 2.28. The highest BCUT2D eigenvalue weighted by Crippen LogP contribution is 2.33. The number of nitrogens with two attached hydrogens (primary N) is 1. The number of para-hydroxylation sites is 2. The molecule has 1 aromatic carbocycles. The van der Waals surface area contributed by atoms with E-state index in [4.69, 9.17) is 15.6 Å². The van der Waals surface area contributed by atoms with Gasteiger partial charge in [0.25, 0.3) is 0 Å². The first-order valence-electron chi connectivity index (χ1n) is 6.95. The van der Waals surface area contributed by atoms with Gasteiger partial charge in [0.1, 0.15) is 5.75 Å². The van der Waals surface area contributed by atoms with Crippen LogP contribution < -0.4 is 15.4 Å². The van der Waals surface area contributed by atoms with Gasteiger partial charge in [-0.3, -0.25) is 4.79 Å². The SMILES string of the molecule is CC(C)C[C@H](N)C(=O)N1CC(C(=O)O)Oc2ccccc21. The number of aliphatic carboxylic acids is 1. The first-order chi connectivity index (χ1) is 9.90. The molecule has 0 saturated carbocycles. The summed E-state index contributed by atoms with van der Waals surface area (Å²) in [5.74, 6) is -0.692. The highest BCUT2D eigenvalue weighted by Gasteiger charge is 2.35. The molecule has 0 radical (unpaired) electrons. The molecule has 1 aliphatic rings. The molecule has 3 N–H and O–H groups in total. The quantitative estimate of drug-likeness (QED) is 0.871. The number of amides is 1. The average Bonchev–Trinajstić information content (AvgIpc) is 2.44. The van der Waals surface area contributed by atoms with E-state index in [2.05, 4.69) is 0 Å². The molecular formula is C15H20N2O4. The van der Waals surface area contributed by atoms with Gasteiger partial charge >= 0.3 is 5.97 Å². The standard InChI is InChI=1S/C15H20N2O4/c1-9(2)7-10(16)14(18)17-8-13(15(19)20)21-12-6-4-3-5-11(12)17/h3-6,9-10,13H,7-8,16H2,1-2H3,(H,19,20)/t10-,13?/m0/s1. The molecule has 0 fully saturated rings. The Hall–Kier alpha value is -2.08. The predicted octanol–water partition coefficient (Wildman–Crippen LogP) is 1.24. The van der Waals surface area contributed by atoms with Gasteiger partial charge in [-0.15, -0.1) is 0 Å². The Morgan fingerprint density at radius 1 is 1.43 bits per heavy atom. The molecule has 1 heterocycles. The number of anilines is 1. The van der Waals surface area contributed by atoms with Gasteiger partial charge in [0, 0.05) is 0 Å². The molecule has 0 spiro atoms. The third kappa shape index (κ3) is 3.33. The van der Waals surface area contributed by atoms with Crippen LogP contribution in [0.3, 0.4) is 0 Å². The number of carboxylic acids is 1. The van der Waals surface area contributed by atoms with Crippen LogP contribution in [0.5, 0.6) is 5.75 Å². The number of hydrogen-bond acceptors (Lipinski definition) is 4. The third-order valence-corrected chi connectivity index (χ3v) is 3.36. The summed E-state index contributed by atoms with van der Waals surface area (Å²) < 4.78 is 5.40. The van der Waals surface area contributed by atoms with E-state index in [-0.39, 0.29) is 18.4 Å². The lowest BCUT2D eigenvalue weighted by Gasteiger charge is -2.34. The van der Waals surface area contributed by atoms with Crippen LogP contribution in [0.25, 0.3) is 0 Å². The first kappa shape index (κ1) is 15.3. The summed E-state index contributed by atoms with van der Waals surface area (Å²) in [5, 5.41) is 9.15. The number of benzene rings is 1. The highest BCUT2D eigenvalue weighted by molar-refractivity contribution is 5.99. The molecule has 1 unspecified atom stereocenters. The van der Waals surface area contributed by atoms with Crippen LogP contribution in [-0.2, 0) is 9.59 Å². The zero-order valence-corrected chi connectivity index (χ0v) is 12.2. The third-order valence-electron chi connectivity index (χ3n) is 3.36. The van der Waals surface area contributed by atoms with E-state index >= 15 is 0 Å². The second kappa shape index (κ2) is 6.13. The van der Waals surface area contributed by atoms with Crippen LogP contribution >= 0.6 is 0 Å². The number of fused-ring (bicyclic) bond motifs is 1. The van der Waals surface area contributed by atoms with Gasteiger partial charge in [-0.05, 0) is 24.5 Å². The summed E-state index contributed by atoms with van der Waals surface area (Å²) in [4.78, 5) is 25.1. The predicted molar refractivity (Wildman–Crippen MR) is 78.3 cm³/mol. The Morgan fingerprint density at radius 3 is 2.71 bits per heavy atom. The number of ether oxygens (including phenoxy) is 1. The van der Waals surface area contributed by atoms with Gasteiger partial charge in [-0.2, -0.15) is 0 Å². The van der Waals surface area contributed by atoms with Gasteiger partial charge in [0.05, 0.1) is 18.3 Å². The van der Waals surface area contributed by atoms with Crippen molar-refractivity contribution in [2.45, 2.75) is 32.4 Å². The van der Waals surface area contributed by atoms with Crippen molar-refractivity contribution in [2.24, 2.45) is 11.7 Å². The van der Waals surface area contributed by atoms with E-state index in [9.17, 15) is 9.59 Å². The number of nitrogens with zero attached hydrogens (tertiary/aromatic N) is 1. The van der Waals surface area contributed by atoms with Gasteiger partial charge in [-0.25, -0.2) is 4.79 Å². The lowest BCUT2D eigenvalue weighted by Crippen LogP contribution is -2.52. The Kier molecular flexibility index (Phi) is 4.47. The molecule has 0 aromatic heterocycles. The van der Waals surface area contributed by atoms with Crippen LogP contribution in [0.15, 0.2) is 24.3 Å². The summed E-state index contributed by atoms with van der Waals surface area (Å²) in [6, 6.07) is 6.24. The number of rotatable bonds is 4. The molecule has 0 saturated heterocycles. The van der Waals surface area contributed by atoms with Crippen molar-refractivity contribution < 1.29 is 19.4 Å². The van der Waals surface area contributed by atoms with Crippen molar-refractivity contribution >= 4 is 17.6 Å². The topological polar surface area (TPSA) is 92.9 Å². The molecule has 2 rings (SSSR count). The zero-order valence-electron chi connectivity index (χ0n) is 12.2. The van der Waals surface area contributed by atoms with Crippen molar-refractivity contribution in [1.29, 1.82) is 0 Å². The molecule has 1 amide bonds. The molecular weight excluding hydrogens is 272 g/mol. The molecule has 2 atom stereocenters. The minimum Gasteiger partial charge on any atom is -0.478 e. The van der Waals surface area contributed by atoms with Gasteiger partial charge in [-0.1, -0.05) is 26.0 Å². The van der Waals surface area contributed by atoms with Crippen LogP contribution in [0, 0.1) is 5.92 Å². The largest absolute Gasteiger partial charge is 0.478 e. The number of hydrogen-bond donors (Lipinski definition) is 2. The van der Waals surface area contributed by atoms with E-state index in [0.29, 0.717) is 17.9 Å². The summed E-state index contributed by atoms with van der Waals surface area (Å²) in [6.45, 7) is 3.94. The highest BCUT2D eigenvalue weighted by atomic mass is 16.5. The van der Waals surface area contributed by atoms with Crippen molar-refractivity contribution in [3.05, 3.63) is 24.3 Å². The molecule has 6 nitrogen and oxygen atoms in total. The molecule has 21 heavy (non-hydrogen) atoms. The minimum absolute atomic E-state index is 0.0308. The molecule has 1 aliphatic heterocycles. The minimum atomic E-state index is -1.10. The molecule has 0 bridgehead atoms. The van der Waals surface area contributed by atoms with Crippen LogP contribution in [0.2, 0.25) is 0 Å². The average molecular weight is 292 g/mol. The van der Waals surface area contributed by atoms with E-state index in [1.54, 1.807) is 24.3 Å². The molecule has 0 aliphatic carbocycles. The van der Waals surface area contributed by atoms with Crippen molar-refractivity contribution in [3.8, 4) is 5.75 Å². The fraction of sp³-hybridized carbons (Fsp3) is 0.467. The lowest BCUT2D eigenvalue weighted by atomic mass is 10.0. The second-order valence-corrected chi connectivity index (χ2v) is 5.60. The fourth-order valence-corrected chi connectivity index (χ4v) is 2.38. The second-order valence-electron chi connectivity index (χ2n) is 5.60. The van der Waals surface area contributed by atoms with E-state index in [0.717, 1.165) is 0 Å². The molecule has 114 valence electrons. The summed E-state index contributed by atoms with van der Waals surface area (Å²) in [5.41, 5.74) is 6.52. The Bertz CT molecular complexity index is 544. The zero-order chi connectivity index (χ0) is 15.6. The maximum atomic E-state index is 12.5. The lowest BCUT2D eigenvalue weighted by molar-refractivity contribution is -0.145. The number of carbonyl (C=O) groups is 2. The van der Waals surface area contributed by atoms with Crippen LogP contribution in [0.4, 0.5) is 5.69 Å². The fourth-order valence-electron chi connectivity index (χ4n) is 2.38. The molecule has 6 heteroatoms. The van der Waals surface area contributed by atoms with Crippen molar-refractivity contribution in [3.63, 3.8) is 0 Å². The molecule has 1 aromatic rings. The Labute approximate surface area is 123 Å². The first-order valence-corrected chi connectivity index (χ1v) is 6.95. The smallest absolute Gasteiger partial charge is 0.346 e. The maximum absolute atomic E-state index is 12.5. The number of carboxylic acid groups (broad SMARTS) is 1. The summed E-state index contributed by atoms with van der Waals surface area (Å²) >= 11 is 0. The monoisotopic (exact) mass is 292 g/mol. The van der Waals surface area contributed by atoms with Crippen LogP contribution in [-0.4, -0.2) is 35.7 Å². The van der Waals surface area contributed by atoms with Gasteiger partial charge in [0.2, 0.25) is 12.0 Å². The van der Waals surface area contributed by atoms with Crippen molar-refractivity contribution in [1.82, 2.24) is 0 Å². The van der Waals surface area contributed by atoms with E-state index in [1.165, 1.54) is 4.90 Å². The summed E-state index contributed by atoms with van der Waals surface area (Å²) in [6.07, 6.45) is -0.522.